The molecule has 0 saturated heterocycles. The van der Waals surface area contributed by atoms with Gasteiger partial charge in [0.15, 0.2) is 25.1 Å². The van der Waals surface area contributed by atoms with E-state index in [0.29, 0.717) is 23.5 Å². The van der Waals surface area contributed by atoms with Crippen LogP contribution in [0.25, 0.3) is 0 Å². The Kier molecular flexibility index (Phi) is 10.4. The molecule has 0 heterocycles. The van der Waals surface area contributed by atoms with E-state index in [9.17, 15) is 4.79 Å². The van der Waals surface area contributed by atoms with Gasteiger partial charge in [-0.2, -0.15) is 0 Å². The zero-order valence-electron chi connectivity index (χ0n) is 16.5. The van der Waals surface area contributed by atoms with Crippen LogP contribution in [0.15, 0.2) is 35.4 Å². The van der Waals surface area contributed by atoms with Gasteiger partial charge in [0.1, 0.15) is 6.29 Å². The lowest BCUT2D eigenvalue weighted by Crippen LogP contribution is -2.07. The van der Waals surface area contributed by atoms with Crippen LogP contribution in [0.5, 0.6) is 11.5 Å². The molecule has 26 heavy (non-hydrogen) atoms. The second-order valence-corrected chi connectivity index (χ2v) is 6.30. The normalized spacial score (nSPS) is 11.2. The molecule has 0 fully saturated rings. The number of allylic oxidation sites excluding steroid dienone is 4. The Bertz CT molecular complexity index is 628. The van der Waals surface area contributed by atoms with Crippen molar-refractivity contribution in [2.24, 2.45) is 0 Å². The van der Waals surface area contributed by atoms with Crippen LogP contribution in [0.2, 0.25) is 0 Å². The molecule has 1 aromatic rings. The van der Waals surface area contributed by atoms with Gasteiger partial charge in [-0.1, -0.05) is 23.3 Å². The van der Waals surface area contributed by atoms with Crippen molar-refractivity contribution < 1.29 is 23.7 Å². The predicted molar refractivity (Wildman–Crippen MR) is 103 cm³/mol. The second kappa shape index (κ2) is 12.3. The number of hydrogen-bond acceptors (Lipinski definition) is 5. The highest BCUT2D eigenvalue weighted by Crippen LogP contribution is 2.34. The molecule has 0 N–H and O–H groups in total. The van der Waals surface area contributed by atoms with E-state index in [1.165, 1.54) is 11.1 Å². The summed E-state index contributed by atoms with van der Waals surface area (Å²) in [5, 5.41) is 0. The van der Waals surface area contributed by atoms with Gasteiger partial charge in [-0.25, -0.2) is 0 Å². The summed E-state index contributed by atoms with van der Waals surface area (Å²) in [7, 11) is 3.10. The van der Waals surface area contributed by atoms with Crippen molar-refractivity contribution in [3.63, 3.8) is 0 Å². The molecule has 5 heteroatoms. The van der Waals surface area contributed by atoms with Crippen LogP contribution in [0.4, 0.5) is 0 Å². The number of hydrogen-bond donors (Lipinski definition) is 0. The number of rotatable bonds is 12. The van der Waals surface area contributed by atoms with Crippen molar-refractivity contribution in [2.45, 2.75) is 40.0 Å². The average Bonchev–Trinajstić information content (AvgIpc) is 2.62. The van der Waals surface area contributed by atoms with E-state index in [4.69, 9.17) is 18.9 Å². The summed E-state index contributed by atoms with van der Waals surface area (Å²) >= 11 is 0. The Hall–Kier alpha value is -2.11. The zero-order valence-corrected chi connectivity index (χ0v) is 16.5. The van der Waals surface area contributed by atoms with Gasteiger partial charge >= 0.3 is 0 Å². The minimum Gasteiger partial charge on any atom is -0.464 e. The van der Waals surface area contributed by atoms with E-state index >= 15 is 0 Å². The molecule has 1 aromatic carbocycles. The number of aldehydes is 1. The highest BCUT2D eigenvalue weighted by atomic mass is 16.7. The van der Waals surface area contributed by atoms with Gasteiger partial charge in [0.2, 0.25) is 0 Å². The molecule has 0 bridgehead atoms. The fraction of sp³-hybridized carbons (Fsp3) is 0.476. The lowest BCUT2D eigenvalue weighted by molar-refractivity contribution is 0.0317. The molecule has 5 nitrogen and oxygen atoms in total. The zero-order chi connectivity index (χ0) is 19.4. The number of carbonyl (C=O) groups excluding carboxylic acids is 1. The van der Waals surface area contributed by atoms with E-state index in [2.05, 4.69) is 32.9 Å². The summed E-state index contributed by atoms with van der Waals surface area (Å²) in [4.78, 5) is 11.3. The fourth-order valence-electron chi connectivity index (χ4n) is 2.39. The van der Waals surface area contributed by atoms with Crippen molar-refractivity contribution >= 4 is 6.29 Å². The molecule has 0 atom stereocenters. The topological polar surface area (TPSA) is 54.0 Å². The van der Waals surface area contributed by atoms with Crippen LogP contribution in [0.3, 0.4) is 0 Å². The van der Waals surface area contributed by atoms with Crippen molar-refractivity contribution in [3.05, 3.63) is 46.6 Å². The highest BCUT2D eigenvalue weighted by Gasteiger charge is 2.14. The number of carbonyl (C=O) groups is 1. The highest BCUT2D eigenvalue weighted by molar-refractivity contribution is 5.77. The molecule has 0 spiro atoms. The van der Waals surface area contributed by atoms with Crippen molar-refractivity contribution in [3.8, 4) is 11.5 Å². The molecule has 0 aliphatic rings. The maximum atomic E-state index is 11.3. The van der Waals surface area contributed by atoms with Gasteiger partial charge in [0.25, 0.3) is 0 Å². The van der Waals surface area contributed by atoms with E-state index in [-0.39, 0.29) is 13.6 Å². The number of methoxy groups -OCH3 is 2. The van der Waals surface area contributed by atoms with Gasteiger partial charge in [0.05, 0.1) is 0 Å². The molecule has 1 rings (SSSR count). The minimum absolute atomic E-state index is 0.0721. The molecule has 0 aliphatic heterocycles. The van der Waals surface area contributed by atoms with Crippen LogP contribution >= 0.6 is 0 Å². The Balaban J connectivity index is 3.04. The molecule has 144 valence electrons. The molecule has 0 saturated carbocycles. The Labute approximate surface area is 156 Å². The van der Waals surface area contributed by atoms with Crippen LogP contribution in [0, 0.1) is 0 Å². The largest absolute Gasteiger partial charge is 0.464 e. The third-order valence-corrected chi connectivity index (χ3v) is 3.71. The van der Waals surface area contributed by atoms with E-state index in [1.54, 1.807) is 20.3 Å². The summed E-state index contributed by atoms with van der Waals surface area (Å²) in [5.74, 6) is 1.04. The Morgan fingerprint density at radius 3 is 2.31 bits per heavy atom. The molecule has 0 unspecified atom stereocenters. The van der Waals surface area contributed by atoms with E-state index in [1.807, 2.05) is 6.07 Å². The number of ether oxygens (including phenoxy) is 4. The van der Waals surface area contributed by atoms with Crippen LogP contribution in [-0.4, -0.2) is 34.1 Å². The van der Waals surface area contributed by atoms with Crippen molar-refractivity contribution in [1.29, 1.82) is 0 Å². The second-order valence-electron chi connectivity index (χ2n) is 6.30. The lowest BCUT2D eigenvalue weighted by Gasteiger charge is -2.16. The third-order valence-electron chi connectivity index (χ3n) is 3.71. The van der Waals surface area contributed by atoms with Gasteiger partial charge < -0.3 is 18.9 Å². The van der Waals surface area contributed by atoms with Crippen LogP contribution in [0.1, 0.15) is 49.5 Å². The van der Waals surface area contributed by atoms with Gasteiger partial charge in [-0.05, 0) is 52.2 Å². The maximum Gasteiger partial charge on any atom is 0.188 e. The minimum atomic E-state index is 0.0721. The first-order chi connectivity index (χ1) is 12.5. The summed E-state index contributed by atoms with van der Waals surface area (Å²) in [6.45, 7) is 6.49. The SMILES string of the molecule is COCOc1cc(C=O)cc(CC=C(C)CCC=C(C)C)c1OCOC. The summed E-state index contributed by atoms with van der Waals surface area (Å²) in [5.41, 5.74) is 4.02. The van der Waals surface area contributed by atoms with Gasteiger partial charge in [-0.3, -0.25) is 4.79 Å². The first kappa shape index (κ1) is 21.9. The summed E-state index contributed by atoms with van der Waals surface area (Å²) < 4.78 is 21.3. The Morgan fingerprint density at radius 1 is 1.00 bits per heavy atom. The fourth-order valence-corrected chi connectivity index (χ4v) is 2.39. The first-order valence-corrected chi connectivity index (χ1v) is 8.66. The van der Waals surface area contributed by atoms with Gasteiger partial charge in [-0.15, -0.1) is 0 Å². The summed E-state index contributed by atoms with van der Waals surface area (Å²) in [6.07, 6.45) is 7.85. The molecule has 0 radical (unpaired) electrons. The van der Waals surface area contributed by atoms with Crippen LogP contribution < -0.4 is 9.47 Å². The molecular weight excluding hydrogens is 332 g/mol. The quantitative estimate of drug-likeness (QED) is 0.306. The van der Waals surface area contributed by atoms with Crippen molar-refractivity contribution in [1.82, 2.24) is 0 Å². The van der Waals surface area contributed by atoms with Crippen LogP contribution in [-0.2, 0) is 15.9 Å². The Morgan fingerprint density at radius 2 is 1.69 bits per heavy atom. The maximum absolute atomic E-state index is 11.3. The first-order valence-electron chi connectivity index (χ1n) is 8.66. The van der Waals surface area contributed by atoms with Gasteiger partial charge in [0, 0.05) is 25.3 Å². The molecule has 0 amide bonds. The number of benzene rings is 1. The molecule has 0 aromatic heterocycles. The van der Waals surface area contributed by atoms with E-state index < -0.39 is 0 Å². The van der Waals surface area contributed by atoms with Crippen molar-refractivity contribution in [2.75, 3.05) is 27.8 Å². The lowest BCUT2D eigenvalue weighted by atomic mass is 10.0. The predicted octanol–water partition coefficient (Wildman–Crippen LogP) is 4.70. The molecule has 0 aliphatic carbocycles. The smallest absolute Gasteiger partial charge is 0.188 e. The van der Waals surface area contributed by atoms with E-state index in [0.717, 1.165) is 24.7 Å². The monoisotopic (exact) mass is 362 g/mol. The third kappa shape index (κ3) is 7.85. The average molecular weight is 362 g/mol. The standard InChI is InChI=1S/C21H30O5/c1-16(2)7-6-8-17(3)9-10-19-11-18(13-22)12-20(25-14-23-4)21(19)26-15-24-5/h7,9,11-13H,6,8,10,14-15H2,1-5H3. The summed E-state index contributed by atoms with van der Waals surface area (Å²) in [6, 6.07) is 3.46. The molecular formula is C21H30O5.